The van der Waals surface area contributed by atoms with E-state index < -0.39 is 28.4 Å². The molecule has 0 bridgehead atoms. The van der Waals surface area contributed by atoms with E-state index in [9.17, 15) is 23.1 Å². The van der Waals surface area contributed by atoms with Gasteiger partial charge in [-0.15, -0.1) is 0 Å². The highest BCUT2D eigenvalue weighted by molar-refractivity contribution is 7.80. The Morgan fingerprint density at radius 2 is 1.71 bits per heavy atom. The molecule has 2 fully saturated rings. The van der Waals surface area contributed by atoms with E-state index in [1.807, 2.05) is 13.8 Å². The topological polar surface area (TPSA) is 70.8 Å². The number of nitriles is 1. The number of carbonyl (C=O) groups is 1. The standard InChI is InChI=1S/C28H39F3N4O2S/c1-26(2)24(36)35(21-14-13-20(19-32)22(18-21)28(29,30)31)25(38)34(26)17-10-8-6-5-7-9-15-33-16-11-12-23(33)27(3,4)37/h13-14,18,23,37H,5-12,15-17H2,1-4H3/t23-/m0/s1. The lowest BCUT2D eigenvalue weighted by Gasteiger charge is -2.33. The Balaban J connectivity index is 1.49. The number of carbonyl (C=O) groups excluding carboxylic acids is 1. The Bertz CT molecular complexity index is 1060. The predicted molar refractivity (Wildman–Crippen MR) is 146 cm³/mol. The number of halogens is 3. The van der Waals surface area contributed by atoms with Crippen LogP contribution < -0.4 is 4.90 Å². The monoisotopic (exact) mass is 552 g/mol. The third-order valence-electron chi connectivity index (χ3n) is 7.77. The van der Waals surface area contributed by atoms with Gasteiger partial charge < -0.3 is 10.0 Å². The van der Waals surface area contributed by atoms with Gasteiger partial charge in [-0.25, -0.2) is 0 Å². The maximum atomic E-state index is 13.5. The number of thiocarbonyl (C=S) groups is 1. The third kappa shape index (κ3) is 6.67. The number of benzene rings is 1. The van der Waals surface area contributed by atoms with E-state index in [0.717, 1.165) is 81.5 Å². The van der Waals surface area contributed by atoms with Crippen molar-refractivity contribution in [3.63, 3.8) is 0 Å². The number of amides is 1. The van der Waals surface area contributed by atoms with E-state index in [1.165, 1.54) is 6.07 Å². The van der Waals surface area contributed by atoms with Crippen LogP contribution in [0.5, 0.6) is 0 Å². The summed E-state index contributed by atoms with van der Waals surface area (Å²) in [6.07, 6.45) is 3.63. The van der Waals surface area contributed by atoms with Gasteiger partial charge in [-0.05, 0) is 96.9 Å². The van der Waals surface area contributed by atoms with Crippen LogP contribution in [0.4, 0.5) is 18.9 Å². The molecule has 1 atom stereocenters. The fourth-order valence-electron chi connectivity index (χ4n) is 5.63. The van der Waals surface area contributed by atoms with Crippen LogP contribution >= 0.6 is 12.2 Å². The highest BCUT2D eigenvalue weighted by atomic mass is 32.1. The molecule has 0 aromatic heterocycles. The minimum absolute atomic E-state index is 0.0201. The second-order valence-corrected chi connectivity index (χ2v) is 11.8. The smallest absolute Gasteiger partial charge is 0.389 e. The van der Waals surface area contributed by atoms with E-state index in [0.29, 0.717) is 6.54 Å². The Morgan fingerprint density at radius 3 is 2.29 bits per heavy atom. The summed E-state index contributed by atoms with van der Waals surface area (Å²) >= 11 is 5.55. The number of likely N-dealkylation sites (tertiary alicyclic amines) is 1. The summed E-state index contributed by atoms with van der Waals surface area (Å²) in [6.45, 7) is 9.84. The number of hydrogen-bond acceptors (Lipinski definition) is 5. The zero-order valence-corrected chi connectivity index (χ0v) is 23.6. The van der Waals surface area contributed by atoms with Crippen molar-refractivity contribution in [1.82, 2.24) is 9.80 Å². The minimum Gasteiger partial charge on any atom is -0.389 e. The lowest BCUT2D eigenvalue weighted by molar-refractivity contribution is -0.137. The highest BCUT2D eigenvalue weighted by Gasteiger charge is 2.49. The van der Waals surface area contributed by atoms with Gasteiger partial charge in [0.25, 0.3) is 5.91 Å². The van der Waals surface area contributed by atoms with Crippen molar-refractivity contribution >= 4 is 28.9 Å². The summed E-state index contributed by atoms with van der Waals surface area (Å²) in [5, 5.41) is 19.6. The first kappa shape index (κ1) is 30.3. The largest absolute Gasteiger partial charge is 0.417 e. The number of alkyl halides is 3. The first-order valence-corrected chi connectivity index (χ1v) is 13.8. The number of rotatable bonds is 11. The van der Waals surface area contributed by atoms with Crippen molar-refractivity contribution in [3.05, 3.63) is 29.3 Å². The molecule has 1 amide bonds. The average Bonchev–Trinajstić information content (AvgIpc) is 3.37. The number of unbranched alkanes of at least 4 members (excludes halogenated alkanes) is 5. The summed E-state index contributed by atoms with van der Waals surface area (Å²) in [7, 11) is 0. The molecule has 6 nitrogen and oxygen atoms in total. The summed E-state index contributed by atoms with van der Waals surface area (Å²) in [6, 6.07) is 5.05. The molecule has 2 aliphatic heterocycles. The van der Waals surface area contributed by atoms with Gasteiger partial charge in [-0.1, -0.05) is 25.7 Å². The normalized spacial score (nSPS) is 20.4. The highest BCUT2D eigenvalue weighted by Crippen LogP contribution is 2.38. The third-order valence-corrected chi connectivity index (χ3v) is 8.17. The lowest BCUT2D eigenvalue weighted by Crippen LogP contribution is -2.45. The van der Waals surface area contributed by atoms with Gasteiger partial charge in [0.05, 0.1) is 28.5 Å². The number of hydrogen-bond donors (Lipinski definition) is 1. The molecule has 2 saturated heterocycles. The van der Waals surface area contributed by atoms with Crippen LogP contribution in [0, 0.1) is 11.3 Å². The fraction of sp³-hybridized carbons (Fsp3) is 0.679. The van der Waals surface area contributed by atoms with Gasteiger partial charge in [0.2, 0.25) is 0 Å². The van der Waals surface area contributed by atoms with Crippen LogP contribution in [0.3, 0.4) is 0 Å². The Labute approximate surface area is 229 Å². The van der Waals surface area contributed by atoms with Crippen molar-refractivity contribution < 1.29 is 23.1 Å². The molecule has 0 aliphatic carbocycles. The average molecular weight is 553 g/mol. The van der Waals surface area contributed by atoms with Gasteiger partial charge >= 0.3 is 6.18 Å². The molecule has 0 radical (unpaired) electrons. The maximum absolute atomic E-state index is 13.5. The van der Waals surface area contributed by atoms with Gasteiger partial charge in [0, 0.05) is 12.6 Å². The molecular weight excluding hydrogens is 513 g/mol. The first-order valence-electron chi connectivity index (χ1n) is 13.4. The molecule has 0 spiro atoms. The minimum atomic E-state index is -4.72. The van der Waals surface area contributed by atoms with Crippen molar-refractivity contribution in [3.8, 4) is 6.07 Å². The van der Waals surface area contributed by atoms with E-state index in [-0.39, 0.29) is 22.7 Å². The Morgan fingerprint density at radius 1 is 1.11 bits per heavy atom. The molecule has 1 aromatic carbocycles. The van der Waals surface area contributed by atoms with Gasteiger partial charge in [-0.2, -0.15) is 18.4 Å². The van der Waals surface area contributed by atoms with E-state index >= 15 is 0 Å². The Kier molecular flexibility index (Phi) is 9.49. The van der Waals surface area contributed by atoms with Crippen molar-refractivity contribution in [2.45, 2.75) is 102 Å². The second kappa shape index (κ2) is 11.9. The zero-order valence-electron chi connectivity index (χ0n) is 22.8. The molecular formula is C28H39F3N4O2S. The van der Waals surface area contributed by atoms with Crippen LogP contribution in [0.2, 0.25) is 0 Å². The van der Waals surface area contributed by atoms with Gasteiger partial charge in [0.1, 0.15) is 5.54 Å². The van der Waals surface area contributed by atoms with Crippen LogP contribution in [-0.4, -0.2) is 62.7 Å². The van der Waals surface area contributed by atoms with Crippen LogP contribution in [-0.2, 0) is 11.0 Å². The summed E-state index contributed by atoms with van der Waals surface area (Å²) in [4.78, 5) is 18.6. The van der Waals surface area contributed by atoms with Crippen molar-refractivity contribution in [2.75, 3.05) is 24.5 Å². The maximum Gasteiger partial charge on any atom is 0.417 e. The molecule has 0 unspecified atom stereocenters. The number of aliphatic hydroxyl groups is 1. The van der Waals surface area contributed by atoms with E-state index in [4.69, 9.17) is 17.5 Å². The van der Waals surface area contributed by atoms with Gasteiger partial charge in [-0.3, -0.25) is 14.6 Å². The molecule has 38 heavy (non-hydrogen) atoms. The molecule has 2 aliphatic rings. The van der Waals surface area contributed by atoms with Gasteiger partial charge in [0.15, 0.2) is 5.11 Å². The lowest BCUT2D eigenvalue weighted by atomic mass is 9.96. The summed E-state index contributed by atoms with van der Waals surface area (Å²) < 4.78 is 40.4. The van der Waals surface area contributed by atoms with E-state index in [1.54, 1.807) is 24.8 Å². The first-order chi connectivity index (χ1) is 17.7. The number of nitrogens with zero attached hydrogens (tertiary/aromatic N) is 4. The summed E-state index contributed by atoms with van der Waals surface area (Å²) in [5.74, 6) is -0.383. The molecule has 10 heteroatoms. The van der Waals surface area contributed by atoms with Crippen LogP contribution in [0.1, 0.15) is 90.2 Å². The van der Waals surface area contributed by atoms with Crippen molar-refractivity contribution in [2.24, 2.45) is 0 Å². The SMILES string of the molecule is CC(C)(O)[C@@H]1CCCN1CCCCCCCCN1C(=S)N(c2ccc(C#N)c(C(F)(F)F)c2)C(=O)C1(C)C. The second-order valence-electron chi connectivity index (χ2n) is 11.4. The molecule has 2 heterocycles. The molecule has 210 valence electrons. The molecule has 3 rings (SSSR count). The van der Waals surface area contributed by atoms with Crippen LogP contribution in [0.15, 0.2) is 18.2 Å². The fourth-order valence-corrected chi connectivity index (χ4v) is 6.14. The molecule has 0 saturated carbocycles. The van der Waals surface area contributed by atoms with Crippen LogP contribution in [0.25, 0.3) is 0 Å². The Hall–Kier alpha value is -2.22. The van der Waals surface area contributed by atoms with Crippen molar-refractivity contribution in [1.29, 1.82) is 5.26 Å². The molecule has 1 aromatic rings. The quantitative estimate of drug-likeness (QED) is 0.274. The summed E-state index contributed by atoms with van der Waals surface area (Å²) in [5.41, 5.74) is -3.20. The predicted octanol–water partition coefficient (Wildman–Crippen LogP) is 5.87. The van der Waals surface area contributed by atoms with E-state index in [2.05, 4.69) is 4.90 Å². The molecule has 1 N–H and O–H groups in total. The number of anilines is 1. The zero-order chi connectivity index (χ0) is 28.3.